The number of nitrogens with one attached hydrogen (secondary N) is 1. The van der Waals surface area contributed by atoms with E-state index >= 15 is 0 Å². The van der Waals surface area contributed by atoms with Crippen molar-refractivity contribution in [3.63, 3.8) is 0 Å². The molecule has 1 N–H and O–H groups in total. The lowest BCUT2D eigenvalue weighted by Gasteiger charge is -2.11. The molecule has 4 nitrogen and oxygen atoms in total. The number of amides is 1. The first-order valence-corrected chi connectivity index (χ1v) is 8.56. The molecule has 2 aromatic carbocycles. The molecule has 8 heteroatoms. The summed E-state index contributed by atoms with van der Waals surface area (Å²) in [6.45, 7) is 1.74. The van der Waals surface area contributed by atoms with Crippen molar-refractivity contribution in [2.75, 3.05) is 0 Å². The van der Waals surface area contributed by atoms with E-state index < -0.39 is 27.7 Å². The summed E-state index contributed by atoms with van der Waals surface area (Å²) in [5.74, 6) is -1.36. The molecule has 0 heterocycles. The SMILES string of the molecule is Cc1ccc(S(=O)(=O)NC(=O)/C(=C\C(F)(F)F)c2ccccc2)cc1. The Bertz CT molecular complexity index is 887. The highest BCUT2D eigenvalue weighted by Crippen LogP contribution is 2.25. The quantitative estimate of drug-likeness (QED) is 0.840. The number of benzene rings is 2. The molecule has 0 aliphatic carbocycles. The molecule has 0 saturated carbocycles. The summed E-state index contributed by atoms with van der Waals surface area (Å²) in [6.07, 6.45) is -5.00. The number of sulfonamides is 1. The third-order valence-electron chi connectivity index (χ3n) is 3.20. The van der Waals surface area contributed by atoms with Crippen molar-refractivity contribution in [1.29, 1.82) is 0 Å². The normalized spacial score (nSPS) is 12.7. The first-order valence-electron chi connectivity index (χ1n) is 7.07. The van der Waals surface area contributed by atoms with E-state index in [1.165, 1.54) is 48.5 Å². The van der Waals surface area contributed by atoms with Crippen molar-refractivity contribution in [3.05, 3.63) is 71.8 Å². The second-order valence-corrected chi connectivity index (χ2v) is 6.90. The predicted octanol–water partition coefficient (Wildman–Crippen LogP) is 3.45. The van der Waals surface area contributed by atoms with Crippen LogP contribution in [0.5, 0.6) is 0 Å². The summed E-state index contributed by atoms with van der Waals surface area (Å²) in [7, 11) is -4.29. The summed E-state index contributed by atoms with van der Waals surface area (Å²) in [5.41, 5.74) is -0.0348. The fourth-order valence-electron chi connectivity index (χ4n) is 2.01. The number of aryl methyl sites for hydroxylation is 1. The van der Waals surface area contributed by atoms with Gasteiger partial charge in [-0.3, -0.25) is 4.79 Å². The molecule has 0 aliphatic heterocycles. The largest absolute Gasteiger partial charge is 0.410 e. The molecule has 0 aromatic heterocycles. The van der Waals surface area contributed by atoms with E-state index in [1.54, 1.807) is 17.7 Å². The van der Waals surface area contributed by atoms with Gasteiger partial charge in [0.2, 0.25) is 0 Å². The van der Waals surface area contributed by atoms with Crippen LogP contribution in [-0.4, -0.2) is 20.5 Å². The lowest BCUT2D eigenvalue weighted by Crippen LogP contribution is -2.31. The van der Waals surface area contributed by atoms with Crippen LogP contribution in [0, 0.1) is 6.92 Å². The van der Waals surface area contributed by atoms with E-state index in [4.69, 9.17) is 0 Å². The van der Waals surface area contributed by atoms with Crippen LogP contribution in [0.25, 0.3) is 5.57 Å². The smallest absolute Gasteiger partial charge is 0.268 e. The molecular weight excluding hydrogens is 355 g/mol. The third-order valence-corrected chi connectivity index (χ3v) is 4.54. The van der Waals surface area contributed by atoms with Gasteiger partial charge in [0.1, 0.15) is 0 Å². The Morgan fingerprint density at radius 3 is 2.08 bits per heavy atom. The average molecular weight is 369 g/mol. The Kier molecular flexibility index (Phi) is 5.32. The molecular formula is C17H14F3NO3S. The summed E-state index contributed by atoms with van der Waals surface area (Å²) in [4.78, 5) is 12.0. The first-order chi connectivity index (χ1) is 11.6. The van der Waals surface area contributed by atoms with Crippen molar-refractivity contribution in [1.82, 2.24) is 4.72 Å². The molecule has 0 unspecified atom stereocenters. The number of carbonyl (C=O) groups excluding carboxylic acids is 1. The zero-order valence-electron chi connectivity index (χ0n) is 13.0. The average Bonchev–Trinajstić information content (AvgIpc) is 2.52. The molecule has 25 heavy (non-hydrogen) atoms. The van der Waals surface area contributed by atoms with E-state index in [1.807, 2.05) is 0 Å². The maximum absolute atomic E-state index is 12.7. The van der Waals surface area contributed by atoms with Gasteiger partial charge in [0.05, 0.1) is 10.5 Å². The lowest BCUT2D eigenvalue weighted by molar-refractivity contribution is -0.114. The van der Waals surface area contributed by atoms with E-state index in [-0.39, 0.29) is 16.5 Å². The van der Waals surface area contributed by atoms with Crippen LogP contribution >= 0.6 is 0 Å². The number of hydrogen-bond donors (Lipinski definition) is 1. The molecule has 0 radical (unpaired) electrons. The van der Waals surface area contributed by atoms with Gasteiger partial charge in [-0.1, -0.05) is 48.0 Å². The van der Waals surface area contributed by atoms with Crippen molar-refractivity contribution >= 4 is 21.5 Å². The molecule has 0 bridgehead atoms. The molecule has 0 atom stereocenters. The third kappa shape index (κ3) is 5.18. The van der Waals surface area contributed by atoms with Crippen LogP contribution in [0.15, 0.2) is 65.6 Å². The van der Waals surface area contributed by atoms with E-state index in [2.05, 4.69) is 0 Å². The maximum Gasteiger partial charge on any atom is 0.410 e. The Morgan fingerprint density at radius 1 is 1.00 bits per heavy atom. The number of halogens is 3. The topological polar surface area (TPSA) is 63.2 Å². The molecule has 0 fully saturated rings. The number of alkyl halides is 3. The van der Waals surface area contributed by atoms with Gasteiger partial charge < -0.3 is 0 Å². The highest BCUT2D eigenvalue weighted by Gasteiger charge is 2.29. The van der Waals surface area contributed by atoms with E-state index in [9.17, 15) is 26.4 Å². The molecule has 0 aliphatic rings. The van der Waals surface area contributed by atoms with Crippen LogP contribution in [0.1, 0.15) is 11.1 Å². The van der Waals surface area contributed by atoms with Crippen LogP contribution < -0.4 is 4.72 Å². The van der Waals surface area contributed by atoms with Crippen molar-refractivity contribution in [2.45, 2.75) is 18.0 Å². The van der Waals surface area contributed by atoms with E-state index in [0.29, 0.717) is 0 Å². The van der Waals surface area contributed by atoms with Gasteiger partial charge in [-0.15, -0.1) is 0 Å². The summed E-state index contributed by atoms with van der Waals surface area (Å²) < 4.78 is 64.3. The number of allylic oxidation sites excluding steroid dienone is 1. The zero-order chi connectivity index (χ0) is 18.7. The Labute approximate surface area is 143 Å². The minimum atomic E-state index is -4.78. The Hall–Kier alpha value is -2.61. The molecule has 132 valence electrons. The van der Waals surface area contributed by atoms with Gasteiger partial charge >= 0.3 is 6.18 Å². The van der Waals surface area contributed by atoms with Crippen molar-refractivity contribution < 1.29 is 26.4 Å². The number of hydrogen-bond acceptors (Lipinski definition) is 3. The highest BCUT2D eigenvalue weighted by atomic mass is 32.2. The molecule has 0 saturated heterocycles. The molecule has 1 amide bonds. The van der Waals surface area contributed by atoms with Crippen LogP contribution in [0.4, 0.5) is 13.2 Å². The van der Waals surface area contributed by atoms with Crippen LogP contribution in [-0.2, 0) is 14.8 Å². The van der Waals surface area contributed by atoms with Crippen LogP contribution in [0.2, 0.25) is 0 Å². The monoisotopic (exact) mass is 369 g/mol. The predicted molar refractivity (Wildman–Crippen MR) is 87.0 cm³/mol. The minimum absolute atomic E-state index is 0.0450. The summed E-state index contributed by atoms with van der Waals surface area (Å²) >= 11 is 0. The number of carbonyl (C=O) groups is 1. The first kappa shape index (κ1) is 18.7. The molecule has 2 rings (SSSR count). The fraction of sp³-hybridized carbons (Fsp3) is 0.118. The fourth-order valence-corrected chi connectivity index (χ4v) is 2.98. The summed E-state index contributed by atoms with van der Waals surface area (Å²) in [6, 6.07) is 12.6. The van der Waals surface area contributed by atoms with Gasteiger partial charge in [0.15, 0.2) is 0 Å². The standard InChI is InChI=1S/C17H14F3NO3S/c1-12-7-9-14(10-8-12)25(23,24)21-16(22)15(11-17(18,19)20)13-5-3-2-4-6-13/h2-11H,1H3,(H,21,22)/b15-11-. The lowest BCUT2D eigenvalue weighted by atomic mass is 10.1. The van der Waals surface area contributed by atoms with Gasteiger partial charge in [-0.25, -0.2) is 13.1 Å². The number of rotatable bonds is 4. The maximum atomic E-state index is 12.7. The van der Waals surface area contributed by atoms with Crippen molar-refractivity contribution in [2.24, 2.45) is 0 Å². The van der Waals surface area contributed by atoms with Crippen LogP contribution in [0.3, 0.4) is 0 Å². The van der Waals surface area contributed by atoms with Gasteiger partial charge in [-0.2, -0.15) is 13.2 Å². The minimum Gasteiger partial charge on any atom is -0.268 e. The van der Waals surface area contributed by atoms with Gasteiger partial charge in [-0.05, 0) is 24.6 Å². The van der Waals surface area contributed by atoms with Gasteiger partial charge in [0.25, 0.3) is 15.9 Å². The highest BCUT2D eigenvalue weighted by molar-refractivity contribution is 7.90. The van der Waals surface area contributed by atoms with E-state index in [0.717, 1.165) is 5.56 Å². The molecule has 0 spiro atoms. The zero-order valence-corrected chi connectivity index (χ0v) is 13.9. The second-order valence-electron chi connectivity index (χ2n) is 5.21. The Balaban J connectivity index is 2.38. The second kappa shape index (κ2) is 7.10. The van der Waals surface area contributed by atoms with Crippen molar-refractivity contribution in [3.8, 4) is 0 Å². The molecule has 2 aromatic rings. The Morgan fingerprint density at radius 2 is 1.56 bits per heavy atom. The summed E-state index contributed by atoms with van der Waals surface area (Å²) in [5, 5.41) is 0. The van der Waals surface area contributed by atoms with Gasteiger partial charge in [0, 0.05) is 6.08 Å².